The number of rotatable bonds is 9. The van der Waals surface area contributed by atoms with Crippen molar-refractivity contribution < 1.29 is 14.0 Å². The van der Waals surface area contributed by atoms with Gasteiger partial charge in [-0.15, -0.1) is 5.10 Å². The van der Waals surface area contributed by atoms with Crippen molar-refractivity contribution in [1.82, 2.24) is 24.1 Å². The summed E-state index contributed by atoms with van der Waals surface area (Å²) in [7, 11) is 1.64. The van der Waals surface area contributed by atoms with E-state index >= 15 is 0 Å². The molecule has 0 saturated heterocycles. The first-order valence-electron chi connectivity index (χ1n) is 13.9. The minimum atomic E-state index is 0.107. The smallest absolute Gasteiger partial charge is 0.192 e. The number of ether oxygens (including phenoxy) is 1. The first-order valence-corrected chi connectivity index (χ1v) is 13.9. The highest BCUT2D eigenvalue weighted by Gasteiger charge is 2.25. The van der Waals surface area contributed by atoms with Crippen molar-refractivity contribution in [3.63, 3.8) is 0 Å². The monoisotopic (exact) mass is 568 g/mol. The van der Waals surface area contributed by atoms with E-state index < -0.39 is 0 Å². The number of fused-ring (bicyclic) bond motifs is 3. The standard InChI is InChI=1S/C34H28N6O3/c1-23(24-15-17-27(41-2)18-16-24)38-43-21-29-36-34-31-30(25-10-5-3-6-11-25)32(26-12-7-4-8-13-26)39(20-28-14-9-19-42-28)33(31)35-22-40(34)37-29/h3-19,22H,20-21H2,1-2H3/b38-23-. The molecule has 212 valence electrons. The Labute approximate surface area is 247 Å². The van der Waals surface area contributed by atoms with Crippen LogP contribution in [-0.4, -0.2) is 37.0 Å². The SMILES string of the molecule is COc1ccc(/C(C)=N\OCc2nc3c4c(-c5ccccc5)c(-c5ccccc5)n(Cc5ccco5)c4ncn3n2)cc1. The zero-order chi connectivity index (χ0) is 29.2. The van der Waals surface area contributed by atoms with Gasteiger partial charge in [0.1, 0.15) is 23.5 Å². The molecule has 4 aromatic heterocycles. The summed E-state index contributed by atoms with van der Waals surface area (Å²) >= 11 is 0. The lowest BCUT2D eigenvalue weighted by atomic mass is 9.99. The van der Waals surface area contributed by atoms with Crippen LogP contribution in [0.25, 0.3) is 39.1 Å². The van der Waals surface area contributed by atoms with E-state index in [1.54, 1.807) is 24.2 Å². The van der Waals surface area contributed by atoms with E-state index in [2.05, 4.69) is 39.1 Å². The summed E-state index contributed by atoms with van der Waals surface area (Å²) in [6.45, 7) is 2.51. The van der Waals surface area contributed by atoms with Gasteiger partial charge in [-0.05, 0) is 60.0 Å². The Hall–Kier alpha value is -5.70. The van der Waals surface area contributed by atoms with Gasteiger partial charge in [0.05, 0.1) is 36.7 Å². The second-order valence-electron chi connectivity index (χ2n) is 10.0. The summed E-state index contributed by atoms with van der Waals surface area (Å²) in [6, 6.07) is 32.2. The molecular weight excluding hydrogens is 540 g/mol. The first kappa shape index (κ1) is 26.2. The third-order valence-electron chi connectivity index (χ3n) is 7.33. The lowest BCUT2D eigenvalue weighted by molar-refractivity contribution is 0.125. The minimum absolute atomic E-state index is 0.107. The summed E-state index contributed by atoms with van der Waals surface area (Å²) in [5.74, 6) is 2.12. The van der Waals surface area contributed by atoms with Gasteiger partial charge in [-0.2, -0.15) is 0 Å². The van der Waals surface area contributed by atoms with Crippen LogP contribution in [0.15, 0.2) is 119 Å². The lowest BCUT2D eigenvalue weighted by Gasteiger charge is -2.11. The Morgan fingerprint density at radius 2 is 1.60 bits per heavy atom. The van der Waals surface area contributed by atoms with E-state index in [1.807, 2.05) is 79.7 Å². The number of hydrogen-bond acceptors (Lipinski definition) is 7. The van der Waals surface area contributed by atoms with Gasteiger partial charge in [-0.1, -0.05) is 65.8 Å². The van der Waals surface area contributed by atoms with E-state index in [0.717, 1.165) is 56.2 Å². The van der Waals surface area contributed by atoms with Crippen LogP contribution in [0.4, 0.5) is 0 Å². The van der Waals surface area contributed by atoms with Crippen molar-refractivity contribution in [1.29, 1.82) is 0 Å². The molecule has 43 heavy (non-hydrogen) atoms. The Bertz CT molecular complexity index is 2030. The number of oxime groups is 1. The van der Waals surface area contributed by atoms with Gasteiger partial charge in [-0.25, -0.2) is 14.5 Å². The van der Waals surface area contributed by atoms with E-state index in [-0.39, 0.29) is 6.61 Å². The number of nitrogens with zero attached hydrogens (tertiary/aromatic N) is 6. The van der Waals surface area contributed by atoms with Gasteiger partial charge in [0, 0.05) is 5.56 Å². The summed E-state index contributed by atoms with van der Waals surface area (Å²) in [5.41, 5.74) is 7.33. The molecule has 0 N–H and O–H groups in total. The highest BCUT2D eigenvalue weighted by molar-refractivity contribution is 6.09. The fraction of sp³-hybridized carbons (Fsp3) is 0.118. The topological polar surface area (TPSA) is 92.0 Å². The molecule has 4 heterocycles. The molecule has 0 unspecified atom stereocenters. The molecule has 0 radical (unpaired) electrons. The van der Waals surface area contributed by atoms with Gasteiger partial charge in [-0.3, -0.25) is 0 Å². The predicted molar refractivity (Wildman–Crippen MR) is 165 cm³/mol. The molecule has 0 aliphatic rings. The van der Waals surface area contributed by atoms with Crippen LogP contribution in [0.3, 0.4) is 0 Å². The van der Waals surface area contributed by atoms with Crippen molar-refractivity contribution in [3.05, 3.63) is 127 Å². The second kappa shape index (κ2) is 11.3. The average molecular weight is 569 g/mol. The molecule has 0 amide bonds. The van der Waals surface area contributed by atoms with E-state index in [4.69, 9.17) is 24.0 Å². The van der Waals surface area contributed by atoms with E-state index in [1.165, 1.54) is 0 Å². The van der Waals surface area contributed by atoms with Crippen LogP contribution in [0.2, 0.25) is 0 Å². The predicted octanol–water partition coefficient (Wildman–Crippen LogP) is 7.00. The summed E-state index contributed by atoms with van der Waals surface area (Å²) in [4.78, 5) is 15.5. The quantitative estimate of drug-likeness (QED) is 0.138. The molecular formula is C34H28N6O3. The van der Waals surface area contributed by atoms with Gasteiger partial charge in [0.2, 0.25) is 0 Å². The Kier molecular flexibility index (Phi) is 6.88. The van der Waals surface area contributed by atoms with Crippen molar-refractivity contribution in [2.24, 2.45) is 5.16 Å². The molecule has 0 atom stereocenters. The van der Waals surface area contributed by atoms with E-state index in [9.17, 15) is 0 Å². The van der Waals surface area contributed by atoms with Crippen LogP contribution in [0.5, 0.6) is 5.75 Å². The number of furan rings is 1. The molecule has 9 nitrogen and oxygen atoms in total. The Morgan fingerprint density at radius 1 is 0.860 bits per heavy atom. The number of benzene rings is 3. The average Bonchev–Trinajstić information content (AvgIpc) is 3.80. The van der Waals surface area contributed by atoms with Crippen LogP contribution < -0.4 is 4.74 Å². The number of methoxy groups -OCH3 is 1. The van der Waals surface area contributed by atoms with Crippen LogP contribution in [0.1, 0.15) is 24.1 Å². The fourth-order valence-electron chi connectivity index (χ4n) is 5.31. The van der Waals surface area contributed by atoms with Gasteiger partial charge in [0.25, 0.3) is 0 Å². The van der Waals surface area contributed by atoms with Gasteiger partial charge in [0.15, 0.2) is 18.1 Å². The first-order chi connectivity index (χ1) is 21.2. The maximum Gasteiger partial charge on any atom is 0.192 e. The van der Waals surface area contributed by atoms with Gasteiger partial charge >= 0.3 is 0 Å². The van der Waals surface area contributed by atoms with Gasteiger partial charge < -0.3 is 18.6 Å². The van der Waals surface area contributed by atoms with E-state index in [0.29, 0.717) is 18.0 Å². The third kappa shape index (κ3) is 5.01. The molecule has 3 aromatic carbocycles. The van der Waals surface area contributed by atoms with Crippen molar-refractivity contribution in [2.75, 3.05) is 7.11 Å². The normalized spacial score (nSPS) is 11.8. The molecule has 0 spiro atoms. The molecule has 0 bridgehead atoms. The highest BCUT2D eigenvalue weighted by atomic mass is 16.6. The lowest BCUT2D eigenvalue weighted by Crippen LogP contribution is -2.03. The Morgan fingerprint density at radius 3 is 2.30 bits per heavy atom. The summed E-state index contributed by atoms with van der Waals surface area (Å²) < 4.78 is 14.9. The van der Waals surface area contributed by atoms with Crippen molar-refractivity contribution in [2.45, 2.75) is 20.1 Å². The number of aromatic nitrogens is 5. The number of hydrogen-bond donors (Lipinski definition) is 0. The molecule has 7 rings (SSSR count). The maximum absolute atomic E-state index is 5.77. The maximum atomic E-state index is 5.77. The molecule has 0 aliphatic carbocycles. The Balaban J connectivity index is 1.35. The minimum Gasteiger partial charge on any atom is -0.497 e. The zero-order valence-electron chi connectivity index (χ0n) is 23.7. The summed E-state index contributed by atoms with van der Waals surface area (Å²) in [6.07, 6.45) is 3.39. The van der Waals surface area contributed by atoms with Crippen LogP contribution >= 0.6 is 0 Å². The highest BCUT2D eigenvalue weighted by Crippen LogP contribution is 2.42. The molecule has 0 fully saturated rings. The van der Waals surface area contributed by atoms with Crippen LogP contribution in [-0.2, 0) is 18.0 Å². The fourth-order valence-corrected chi connectivity index (χ4v) is 5.31. The molecule has 9 heteroatoms. The largest absolute Gasteiger partial charge is 0.497 e. The van der Waals surface area contributed by atoms with Crippen molar-refractivity contribution >= 4 is 22.4 Å². The summed E-state index contributed by atoms with van der Waals surface area (Å²) in [5, 5.41) is 9.88. The third-order valence-corrected chi connectivity index (χ3v) is 7.33. The second-order valence-corrected chi connectivity index (χ2v) is 10.0. The van der Waals surface area contributed by atoms with Crippen LogP contribution in [0, 0.1) is 0 Å². The van der Waals surface area contributed by atoms with Crippen molar-refractivity contribution in [3.8, 4) is 28.1 Å². The molecule has 7 aromatic rings. The zero-order valence-corrected chi connectivity index (χ0v) is 23.7. The molecule has 0 saturated carbocycles. The molecule has 0 aliphatic heterocycles.